The Balaban J connectivity index is 1.35. The van der Waals surface area contributed by atoms with E-state index in [4.69, 9.17) is 18.9 Å². The number of carbonyl (C=O) groups excluding carboxylic acids is 2. The number of anilines is 2. The van der Waals surface area contributed by atoms with Crippen LogP contribution in [0.3, 0.4) is 0 Å². The van der Waals surface area contributed by atoms with Crippen LogP contribution in [0.4, 0.5) is 16.2 Å². The number of likely N-dealkylation sites (N-methyl/N-ethyl adjacent to an activating group) is 1. The highest BCUT2D eigenvalue weighted by atomic mass is 16.7. The first-order valence-corrected chi connectivity index (χ1v) is 17.3. The van der Waals surface area contributed by atoms with Crippen molar-refractivity contribution in [3.63, 3.8) is 0 Å². The first kappa shape index (κ1) is 37.4. The summed E-state index contributed by atoms with van der Waals surface area (Å²) in [6.45, 7) is 7.66. The fourth-order valence-corrected chi connectivity index (χ4v) is 6.17. The molecule has 0 saturated carbocycles. The maximum atomic E-state index is 14.4. The highest BCUT2D eigenvalue weighted by Gasteiger charge is 2.30. The zero-order valence-corrected chi connectivity index (χ0v) is 29.6. The van der Waals surface area contributed by atoms with Crippen molar-refractivity contribution in [3.05, 3.63) is 77.4 Å². The van der Waals surface area contributed by atoms with Crippen LogP contribution >= 0.6 is 0 Å². The monoisotopic (exact) mass is 704 g/mol. The minimum absolute atomic E-state index is 0.122. The lowest BCUT2D eigenvalue weighted by atomic mass is 10.0. The Kier molecular flexibility index (Phi) is 12.8. The number of aromatic carboxylic acids is 1. The molecular weight excluding hydrogens is 656 g/mol. The van der Waals surface area contributed by atoms with E-state index in [0.29, 0.717) is 54.9 Å². The molecule has 4 atom stereocenters. The second kappa shape index (κ2) is 17.4. The zero-order valence-electron chi connectivity index (χ0n) is 29.6. The van der Waals surface area contributed by atoms with Crippen LogP contribution < -0.4 is 24.8 Å². The van der Waals surface area contributed by atoms with E-state index in [1.807, 2.05) is 33.0 Å². The summed E-state index contributed by atoms with van der Waals surface area (Å²) in [6, 6.07) is 15.9. The highest BCUT2D eigenvalue weighted by Crippen LogP contribution is 2.34. The topological polar surface area (TPSA) is 159 Å². The lowest BCUT2D eigenvalue weighted by Crippen LogP contribution is -2.47. The molecule has 2 aliphatic rings. The van der Waals surface area contributed by atoms with Crippen LogP contribution in [-0.4, -0.2) is 96.3 Å². The van der Waals surface area contributed by atoms with Gasteiger partial charge in [-0.15, -0.1) is 0 Å². The van der Waals surface area contributed by atoms with Gasteiger partial charge in [0, 0.05) is 49.6 Å². The average Bonchev–Trinajstić information content (AvgIpc) is 3.57. The number of carboxylic acid groups (broad SMARTS) is 1. The van der Waals surface area contributed by atoms with Gasteiger partial charge >= 0.3 is 12.0 Å². The maximum absolute atomic E-state index is 14.4. The number of aliphatic hydroxyl groups excluding tert-OH is 1. The lowest BCUT2D eigenvalue weighted by molar-refractivity contribution is -0.0177. The van der Waals surface area contributed by atoms with Crippen molar-refractivity contribution in [1.82, 2.24) is 9.80 Å². The van der Waals surface area contributed by atoms with E-state index in [-0.39, 0.29) is 48.6 Å². The van der Waals surface area contributed by atoms with E-state index in [1.54, 1.807) is 60.4 Å². The molecule has 13 heteroatoms. The number of hydrogen-bond acceptors (Lipinski definition) is 9. The zero-order chi connectivity index (χ0) is 36.5. The van der Waals surface area contributed by atoms with Crippen molar-refractivity contribution in [2.75, 3.05) is 50.8 Å². The molecule has 4 N–H and O–H groups in total. The van der Waals surface area contributed by atoms with Crippen LogP contribution in [0.15, 0.2) is 60.7 Å². The number of rotatable bonds is 9. The van der Waals surface area contributed by atoms with Gasteiger partial charge in [0.1, 0.15) is 5.75 Å². The largest absolute Gasteiger partial charge is 0.490 e. The normalized spacial score (nSPS) is 20.2. The van der Waals surface area contributed by atoms with E-state index in [9.17, 15) is 24.6 Å². The molecule has 0 saturated heterocycles. The molecule has 0 bridgehead atoms. The molecule has 274 valence electrons. The molecule has 2 heterocycles. The SMILES string of the molecule is C[C@@H]1CN([C@@H](C)CO)C(=O)c2cc(NC(=O)Nc3ccc4c(c3)OCO4)ccc2O[C@@H](C)CCCCO[C@H]1CN(C)Cc1ccc(C(=O)O)cc1. The Morgan fingerprint density at radius 2 is 1.65 bits per heavy atom. The molecular formula is C38H48N4O9. The van der Waals surface area contributed by atoms with Crippen molar-refractivity contribution in [2.45, 2.75) is 64.8 Å². The predicted molar refractivity (Wildman–Crippen MR) is 192 cm³/mol. The van der Waals surface area contributed by atoms with Crippen molar-refractivity contribution in [2.24, 2.45) is 5.92 Å². The highest BCUT2D eigenvalue weighted by molar-refractivity contribution is 6.02. The lowest BCUT2D eigenvalue weighted by Gasteiger charge is -2.36. The molecule has 3 amide bonds. The van der Waals surface area contributed by atoms with E-state index in [1.165, 1.54) is 0 Å². The Bertz CT molecular complexity index is 1670. The number of nitrogens with zero attached hydrogens (tertiary/aromatic N) is 2. The molecule has 0 unspecified atom stereocenters. The number of benzene rings is 3. The fraction of sp³-hybridized carbons (Fsp3) is 0.447. The van der Waals surface area contributed by atoms with Crippen LogP contribution in [0.25, 0.3) is 0 Å². The number of nitrogens with one attached hydrogen (secondary N) is 2. The molecule has 0 spiro atoms. The van der Waals surface area contributed by atoms with E-state index in [2.05, 4.69) is 15.5 Å². The summed E-state index contributed by atoms with van der Waals surface area (Å²) in [7, 11) is 1.98. The van der Waals surface area contributed by atoms with Gasteiger partial charge in [0.05, 0.1) is 36.0 Å². The second-order valence-electron chi connectivity index (χ2n) is 13.4. The van der Waals surface area contributed by atoms with Gasteiger partial charge in [0.25, 0.3) is 5.91 Å². The van der Waals surface area contributed by atoms with Gasteiger partial charge in [-0.1, -0.05) is 19.1 Å². The number of carboxylic acids is 1. The number of aliphatic hydroxyl groups is 1. The molecule has 2 aliphatic heterocycles. The van der Waals surface area contributed by atoms with E-state index >= 15 is 0 Å². The van der Waals surface area contributed by atoms with Crippen LogP contribution in [0.5, 0.6) is 17.2 Å². The molecule has 0 fully saturated rings. The summed E-state index contributed by atoms with van der Waals surface area (Å²) in [5.74, 6) is 0.108. The Hall–Kier alpha value is -4.85. The van der Waals surface area contributed by atoms with Gasteiger partial charge < -0.3 is 44.7 Å². The molecule has 51 heavy (non-hydrogen) atoms. The van der Waals surface area contributed by atoms with Gasteiger partial charge in [-0.05, 0) is 88.2 Å². The quantitative estimate of drug-likeness (QED) is 0.218. The van der Waals surface area contributed by atoms with Crippen molar-refractivity contribution in [3.8, 4) is 17.2 Å². The number of ether oxygens (including phenoxy) is 4. The summed E-state index contributed by atoms with van der Waals surface area (Å²) < 4.78 is 23.5. The van der Waals surface area contributed by atoms with Crippen LogP contribution in [0.1, 0.15) is 66.3 Å². The number of carbonyl (C=O) groups is 3. The summed E-state index contributed by atoms with van der Waals surface area (Å²) in [5, 5.41) is 25.1. The third-order valence-corrected chi connectivity index (χ3v) is 9.08. The molecule has 3 aromatic carbocycles. The average molecular weight is 705 g/mol. The van der Waals surface area contributed by atoms with Gasteiger partial charge in [0.15, 0.2) is 11.5 Å². The third kappa shape index (κ3) is 10.1. The predicted octanol–water partition coefficient (Wildman–Crippen LogP) is 5.69. The standard InChI is InChI=1S/C38H48N4O9/c1-24-19-42(25(2)22-43)36(44)31-17-29(39-38(47)40-30-13-15-33-34(18-30)50-23-49-33)12-14-32(31)51-26(3)7-5-6-16-48-35(24)21-41(4)20-27-8-10-28(11-9-27)37(45)46/h8-15,17-18,24-26,35,43H,5-7,16,19-23H2,1-4H3,(H,45,46)(H2,39,40,47)/t24-,25+,26+,35+/m1/s1. The van der Waals surface area contributed by atoms with E-state index in [0.717, 1.165) is 24.8 Å². The minimum Gasteiger partial charge on any atom is -0.490 e. The molecule has 0 aliphatic carbocycles. The van der Waals surface area contributed by atoms with Crippen LogP contribution in [-0.2, 0) is 11.3 Å². The first-order chi connectivity index (χ1) is 24.5. The van der Waals surface area contributed by atoms with Crippen molar-refractivity contribution >= 4 is 29.3 Å². The Morgan fingerprint density at radius 3 is 2.35 bits per heavy atom. The van der Waals surface area contributed by atoms with Crippen LogP contribution in [0, 0.1) is 5.92 Å². The molecule has 13 nitrogen and oxygen atoms in total. The molecule has 0 radical (unpaired) electrons. The number of hydrogen-bond donors (Lipinski definition) is 4. The summed E-state index contributed by atoms with van der Waals surface area (Å²) in [5.41, 5.74) is 2.38. The first-order valence-electron chi connectivity index (χ1n) is 17.3. The summed E-state index contributed by atoms with van der Waals surface area (Å²) in [6.07, 6.45) is 2.02. The minimum atomic E-state index is -0.966. The summed E-state index contributed by atoms with van der Waals surface area (Å²) >= 11 is 0. The second-order valence-corrected chi connectivity index (χ2v) is 13.4. The third-order valence-electron chi connectivity index (χ3n) is 9.08. The van der Waals surface area contributed by atoms with Crippen molar-refractivity contribution in [1.29, 1.82) is 0 Å². The fourth-order valence-electron chi connectivity index (χ4n) is 6.17. The van der Waals surface area contributed by atoms with E-state index < -0.39 is 18.0 Å². The smallest absolute Gasteiger partial charge is 0.335 e. The molecule has 3 aromatic rings. The van der Waals surface area contributed by atoms with Gasteiger partial charge in [0.2, 0.25) is 6.79 Å². The van der Waals surface area contributed by atoms with Crippen molar-refractivity contribution < 1.29 is 43.5 Å². The van der Waals surface area contributed by atoms with Gasteiger partial charge in [-0.2, -0.15) is 0 Å². The van der Waals surface area contributed by atoms with Crippen LogP contribution in [0.2, 0.25) is 0 Å². The maximum Gasteiger partial charge on any atom is 0.335 e. The molecule has 0 aromatic heterocycles. The summed E-state index contributed by atoms with van der Waals surface area (Å²) in [4.78, 5) is 42.5. The van der Waals surface area contributed by atoms with Gasteiger partial charge in [-0.25, -0.2) is 9.59 Å². The molecule has 5 rings (SSSR count). The Labute approximate surface area is 298 Å². The van der Waals surface area contributed by atoms with Gasteiger partial charge in [-0.3, -0.25) is 9.69 Å². The number of urea groups is 1. The number of amides is 3. The Morgan fingerprint density at radius 1 is 0.961 bits per heavy atom. The number of fused-ring (bicyclic) bond motifs is 2.